The van der Waals surface area contributed by atoms with Gasteiger partial charge in [0.1, 0.15) is 6.61 Å². The Bertz CT molecular complexity index is 612. The summed E-state index contributed by atoms with van der Waals surface area (Å²) in [5, 5.41) is 0. The van der Waals surface area contributed by atoms with Crippen molar-refractivity contribution in [1.29, 1.82) is 0 Å². The van der Waals surface area contributed by atoms with Crippen molar-refractivity contribution in [3.63, 3.8) is 0 Å². The summed E-state index contributed by atoms with van der Waals surface area (Å²) in [5.41, 5.74) is 4.08. The van der Waals surface area contributed by atoms with Gasteiger partial charge < -0.3 is 0 Å². The summed E-state index contributed by atoms with van der Waals surface area (Å²) >= 11 is 0. The fourth-order valence-corrected chi connectivity index (χ4v) is 1.83. The molecule has 2 aromatic rings. The normalized spacial score (nSPS) is 11.2. The van der Waals surface area contributed by atoms with Crippen molar-refractivity contribution in [3.8, 4) is 0 Å². The molecule has 2 aromatic heterocycles. The largest absolute Gasteiger partial charge is 0.272 e. The number of amides is 1. The number of carbonyl (C=O) groups excluding carboxylic acids is 1. The fraction of sp³-hybridized carbons (Fsp3) is 0.312. The van der Waals surface area contributed by atoms with Gasteiger partial charge in [0, 0.05) is 11.9 Å². The zero-order valence-corrected chi connectivity index (χ0v) is 12.5. The molecule has 0 aliphatic carbocycles. The average molecular weight is 285 g/mol. The van der Waals surface area contributed by atoms with Crippen molar-refractivity contribution < 1.29 is 9.63 Å². The first-order valence-electron chi connectivity index (χ1n) is 6.76. The minimum atomic E-state index is -0.763. The average Bonchev–Trinajstić information content (AvgIpc) is 2.48. The van der Waals surface area contributed by atoms with Crippen LogP contribution in [-0.4, -0.2) is 15.9 Å². The number of hydrogen-bond donors (Lipinski definition) is 1. The Morgan fingerprint density at radius 1 is 1.24 bits per heavy atom. The van der Waals surface area contributed by atoms with Crippen LogP contribution in [0.25, 0.3) is 0 Å². The molecule has 0 aliphatic rings. The van der Waals surface area contributed by atoms with Crippen LogP contribution < -0.4 is 5.48 Å². The monoisotopic (exact) mass is 285 g/mol. The highest BCUT2D eigenvalue weighted by Gasteiger charge is 2.31. The molecule has 0 saturated carbocycles. The van der Waals surface area contributed by atoms with Gasteiger partial charge in [-0.15, -0.1) is 0 Å². The second kappa shape index (κ2) is 6.45. The van der Waals surface area contributed by atoms with E-state index in [4.69, 9.17) is 4.84 Å². The first-order chi connectivity index (χ1) is 10.00. The maximum absolute atomic E-state index is 12.2. The van der Waals surface area contributed by atoms with Crippen molar-refractivity contribution in [1.82, 2.24) is 15.4 Å². The van der Waals surface area contributed by atoms with Crippen LogP contribution in [0.4, 0.5) is 0 Å². The van der Waals surface area contributed by atoms with E-state index in [1.165, 1.54) is 0 Å². The Morgan fingerprint density at radius 2 is 2.05 bits per heavy atom. The lowest BCUT2D eigenvalue weighted by Crippen LogP contribution is -2.40. The Labute approximate surface area is 124 Å². The van der Waals surface area contributed by atoms with Crippen LogP contribution in [-0.2, 0) is 21.7 Å². The standard InChI is InChI=1S/C16H19N3O2/c1-12-7-6-8-13(18-12)11-21-19-15(20)16(2,3)14-9-4-5-10-17-14/h4-10H,11H2,1-3H3,(H,19,20). The van der Waals surface area contributed by atoms with Crippen molar-refractivity contribution in [3.05, 3.63) is 59.7 Å². The Hall–Kier alpha value is -2.27. The van der Waals surface area contributed by atoms with E-state index in [1.54, 1.807) is 20.0 Å². The molecule has 2 rings (SSSR count). The summed E-state index contributed by atoms with van der Waals surface area (Å²) in [6.07, 6.45) is 1.67. The number of hydrogen-bond acceptors (Lipinski definition) is 4. The number of carbonyl (C=O) groups is 1. The Balaban J connectivity index is 1.93. The van der Waals surface area contributed by atoms with Gasteiger partial charge in [-0.05, 0) is 45.0 Å². The third kappa shape index (κ3) is 3.86. The summed E-state index contributed by atoms with van der Waals surface area (Å²) < 4.78 is 0. The zero-order chi connectivity index (χ0) is 15.3. The summed E-state index contributed by atoms with van der Waals surface area (Å²) in [6.45, 7) is 5.75. The molecule has 0 bridgehead atoms. The molecule has 0 atom stereocenters. The highest BCUT2D eigenvalue weighted by Crippen LogP contribution is 2.20. The molecule has 5 heteroatoms. The van der Waals surface area contributed by atoms with E-state index >= 15 is 0 Å². The number of nitrogens with one attached hydrogen (secondary N) is 1. The second-order valence-corrected chi connectivity index (χ2v) is 5.33. The SMILES string of the molecule is Cc1cccc(CONC(=O)C(C)(C)c2ccccn2)n1. The van der Waals surface area contributed by atoms with Crippen LogP contribution in [0.15, 0.2) is 42.6 Å². The molecule has 0 unspecified atom stereocenters. The van der Waals surface area contributed by atoms with E-state index in [0.717, 1.165) is 11.4 Å². The highest BCUT2D eigenvalue weighted by molar-refractivity contribution is 5.85. The van der Waals surface area contributed by atoms with Crippen molar-refractivity contribution in [2.24, 2.45) is 0 Å². The molecule has 21 heavy (non-hydrogen) atoms. The van der Waals surface area contributed by atoms with Gasteiger partial charge in [-0.25, -0.2) is 5.48 Å². The maximum Gasteiger partial charge on any atom is 0.255 e. The summed E-state index contributed by atoms with van der Waals surface area (Å²) in [7, 11) is 0. The molecule has 5 nitrogen and oxygen atoms in total. The summed E-state index contributed by atoms with van der Waals surface area (Å²) in [5.74, 6) is -0.242. The molecule has 110 valence electrons. The lowest BCUT2D eigenvalue weighted by Gasteiger charge is -2.22. The smallest absolute Gasteiger partial charge is 0.255 e. The topological polar surface area (TPSA) is 64.1 Å². The van der Waals surface area contributed by atoms with Crippen LogP contribution in [0.1, 0.15) is 30.9 Å². The third-order valence-electron chi connectivity index (χ3n) is 3.20. The van der Waals surface area contributed by atoms with Gasteiger partial charge in [0.2, 0.25) is 0 Å². The van der Waals surface area contributed by atoms with Crippen LogP contribution in [0.2, 0.25) is 0 Å². The van der Waals surface area contributed by atoms with Gasteiger partial charge in [0.05, 0.1) is 16.8 Å². The summed E-state index contributed by atoms with van der Waals surface area (Å²) in [6, 6.07) is 11.2. The molecule has 0 saturated heterocycles. The molecule has 0 spiro atoms. The zero-order valence-electron chi connectivity index (χ0n) is 12.5. The first kappa shape index (κ1) is 15.1. The second-order valence-electron chi connectivity index (χ2n) is 5.33. The third-order valence-corrected chi connectivity index (χ3v) is 3.20. The van der Waals surface area contributed by atoms with Crippen molar-refractivity contribution in [2.75, 3.05) is 0 Å². The number of rotatable bonds is 5. The lowest BCUT2D eigenvalue weighted by atomic mass is 9.88. The minimum absolute atomic E-state index is 0.228. The molecule has 0 radical (unpaired) electrons. The summed E-state index contributed by atoms with van der Waals surface area (Å²) in [4.78, 5) is 26.0. The molecule has 1 amide bonds. The predicted octanol–water partition coefficient (Wildman–Crippen LogP) is 2.31. The number of aromatic nitrogens is 2. The van der Waals surface area contributed by atoms with Crippen LogP contribution >= 0.6 is 0 Å². The van der Waals surface area contributed by atoms with Crippen molar-refractivity contribution in [2.45, 2.75) is 32.8 Å². The number of aryl methyl sites for hydroxylation is 1. The van der Waals surface area contributed by atoms with Crippen LogP contribution in [0.3, 0.4) is 0 Å². The first-order valence-corrected chi connectivity index (χ1v) is 6.76. The van der Waals surface area contributed by atoms with Gasteiger partial charge in [-0.1, -0.05) is 12.1 Å². The molecule has 0 fully saturated rings. The van der Waals surface area contributed by atoms with Gasteiger partial charge >= 0.3 is 0 Å². The van der Waals surface area contributed by atoms with Gasteiger partial charge in [0.15, 0.2) is 0 Å². The molecule has 2 heterocycles. The van der Waals surface area contributed by atoms with Crippen LogP contribution in [0.5, 0.6) is 0 Å². The van der Waals surface area contributed by atoms with Gasteiger partial charge in [0.25, 0.3) is 5.91 Å². The van der Waals surface area contributed by atoms with E-state index in [0.29, 0.717) is 5.69 Å². The highest BCUT2D eigenvalue weighted by atomic mass is 16.7. The quantitative estimate of drug-likeness (QED) is 0.856. The Kier molecular flexibility index (Phi) is 4.65. The Morgan fingerprint density at radius 3 is 2.71 bits per heavy atom. The molecular formula is C16H19N3O2. The number of pyridine rings is 2. The molecule has 1 N–H and O–H groups in total. The molecule has 0 aromatic carbocycles. The van der Waals surface area contributed by atoms with Gasteiger partial charge in [-0.2, -0.15) is 0 Å². The number of nitrogens with zero attached hydrogens (tertiary/aromatic N) is 2. The minimum Gasteiger partial charge on any atom is -0.272 e. The van der Waals surface area contributed by atoms with Crippen molar-refractivity contribution >= 4 is 5.91 Å². The maximum atomic E-state index is 12.2. The van der Waals surface area contributed by atoms with E-state index in [1.807, 2.05) is 43.3 Å². The molecular weight excluding hydrogens is 266 g/mol. The van der Waals surface area contributed by atoms with Gasteiger partial charge in [-0.3, -0.25) is 19.6 Å². The van der Waals surface area contributed by atoms with Crippen LogP contribution in [0, 0.1) is 6.92 Å². The van der Waals surface area contributed by atoms with E-state index < -0.39 is 5.41 Å². The fourth-order valence-electron chi connectivity index (χ4n) is 1.83. The van der Waals surface area contributed by atoms with E-state index in [2.05, 4.69) is 15.4 Å². The predicted molar refractivity (Wildman–Crippen MR) is 79.2 cm³/mol. The van der Waals surface area contributed by atoms with E-state index in [9.17, 15) is 4.79 Å². The molecule has 0 aliphatic heterocycles. The van der Waals surface area contributed by atoms with E-state index in [-0.39, 0.29) is 12.5 Å². The lowest BCUT2D eigenvalue weighted by molar-refractivity contribution is -0.139. The number of hydroxylamine groups is 1.